The molecule has 1 rings (SSSR count). The second-order valence-corrected chi connectivity index (χ2v) is 8.06. The fourth-order valence-corrected chi connectivity index (χ4v) is 3.46. The lowest BCUT2D eigenvalue weighted by Gasteiger charge is -2.65. The minimum absolute atomic E-state index is 0.328. The summed E-state index contributed by atoms with van der Waals surface area (Å²) >= 11 is 0. The van der Waals surface area contributed by atoms with E-state index in [0.717, 1.165) is 32.1 Å². The Bertz CT molecular complexity index is 434. The first kappa shape index (κ1) is 22.8. The predicted molar refractivity (Wildman–Crippen MR) is 94.8 cm³/mol. The molecule has 1 fully saturated rings. The van der Waals surface area contributed by atoms with Crippen LogP contribution in [0.2, 0.25) is 0 Å². The summed E-state index contributed by atoms with van der Waals surface area (Å²) in [5.41, 5.74) is -7.29. The maximum absolute atomic E-state index is 11.0. The van der Waals surface area contributed by atoms with Crippen molar-refractivity contribution in [3.05, 3.63) is 6.92 Å². The molecule has 0 saturated carbocycles. The van der Waals surface area contributed by atoms with Crippen LogP contribution in [0, 0.1) is 6.92 Å². The van der Waals surface area contributed by atoms with Crippen molar-refractivity contribution < 1.29 is 29.9 Å². The third kappa shape index (κ3) is 3.75. The Labute approximate surface area is 152 Å². The highest BCUT2D eigenvalue weighted by Crippen LogP contribution is 2.53. The van der Waals surface area contributed by atoms with Gasteiger partial charge in [-0.05, 0) is 54.4 Å². The normalized spacial score (nSPS) is 44.9. The van der Waals surface area contributed by atoms with Gasteiger partial charge in [-0.15, -0.1) is 0 Å². The molecule has 0 aromatic carbocycles. The van der Waals surface area contributed by atoms with E-state index in [1.165, 1.54) is 34.6 Å². The Morgan fingerprint density at radius 3 is 1.84 bits per heavy atom. The highest BCUT2D eigenvalue weighted by atomic mass is 16.7. The zero-order valence-corrected chi connectivity index (χ0v) is 16.3. The Balaban J connectivity index is 2.86. The second-order valence-electron chi connectivity index (χ2n) is 8.06. The van der Waals surface area contributed by atoms with Gasteiger partial charge in [-0.25, -0.2) is 0 Å². The summed E-state index contributed by atoms with van der Waals surface area (Å²) in [5, 5.41) is 42.5. The van der Waals surface area contributed by atoms with Gasteiger partial charge in [0, 0.05) is 0 Å². The third-order valence-electron chi connectivity index (χ3n) is 6.26. The predicted octanol–water partition coefficient (Wildman–Crippen LogP) is 1.81. The molecule has 6 heteroatoms. The third-order valence-corrected chi connectivity index (χ3v) is 6.26. The minimum Gasteiger partial charge on any atom is -0.393 e. The molecule has 1 aliphatic heterocycles. The van der Waals surface area contributed by atoms with E-state index in [4.69, 9.17) is 16.4 Å². The lowest BCUT2D eigenvalue weighted by atomic mass is 9.61. The molecule has 0 aromatic rings. The molecule has 6 nitrogen and oxygen atoms in total. The van der Waals surface area contributed by atoms with Gasteiger partial charge >= 0.3 is 0 Å². The summed E-state index contributed by atoms with van der Waals surface area (Å²) in [6.07, 6.45) is 5.55. The number of rotatable bonds is 9. The van der Waals surface area contributed by atoms with Crippen molar-refractivity contribution in [2.45, 2.75) is 101 Å². The van der Waals surface area contributed by atoms with Crippen molar-refractivity contribution in [2.75, 3.05) is 13.2 Å². The molecule has 1 heterocycles. The van der Waals surface area contributed by atoms with E-state index in [1.807, 2.05) is 0 Å². The largest absolute Gasteiger partial charge is 0.393 e. The van der Waals surface area contributed by atoms with Crippen LogP contribution in [0.3, 0.4) is 0 Å². The molecular formula is C19H36O6. The first-order valence-electron chi connectivity index (χ1n) is 9.15. The van der Waals surface area contributed by atoms with Crippen LogP contribution in [0.25, 0.3) is 0 Å². The van der Waals surface area contributed by atoms with E-state index >= 15 is 0 Å². The van der Waals surface area contributed by atoms with E-state index in [0.29, 0.717) is 13.0 Å². The Kier molecular flexibility index (Phi) is 7.10. The van der Waals surface area contributed by atoms with Gasteiger partial charge in [-0.1, -0.05) is 25.7 Å². The van der Waals surface area contributed by atoms with Crippen molar-refractivity contribution in [2.24, 2.45) is 0 Å². The van der Waals surface area contributed by atoms with Crippen LogP contribution in [0.15, 0.2) is 0 Å². The van der Waals surface area contributed by atoms with Crippen molar-refractivity contribution >= 4 is 0 Å². The molecule has 0 aliphatic carbocycles. The molecule has 0 bridgehead atoms. The fraction of sp³-hybridized carbons (Fsp3) is 0.947. The van der Waals surface area contributed by atoms with Crippen LogP contribution in [0.4, 0.5) is 0 Å². The summed E-state index contributed by atoms with van der Waals surface area (Å²) in [6.45, 7) is 12.3. The summed E-state index contributed by atoms with van der Waals surface area (Å²) < 4.78 is 11.7. The molecule has 0 aromatic heterocycles. The molecule has 1 aliphatic rings. The molecule has 25 heavy (non-hydrogen) atoms. The number of unbranched alkanes of at least 4 members (excludes halogenated alkanes) is 5. The number of aliphatic hydroxyl groups is 4. The average molecular weight is 360 g/mol. The topological polar surface area (TPSA) is 99.4 Å². The average Bonchev–Trinajstić information content (AvgIpc) is 2.52. The lowest BCUT2D eigenvalue weighted by molar-refractivity contribution is -0.457. The van der Waals surface area contributed by atoms with Crippen molar-refractivity contribution in [3.8, 4) is 0 Å². The number of aliphatic hydroxyl groups excluding tert-OH is 1. The second kappa shape index (κ2) is 7.79. The zero-order valence-electron chi connectivity index (χ0n) is 16.3. The molecule has 0 spiro atoms. The lowest BCUT2D eigenvalue weighted by Crippen LogP contribution is -2.84. The van der Waals surface area contributed by atoms with Crippen LogP contribution >= 0.6 is 0 Å². The van der Waals surface area contributed by atoms with Gasteiger partial charge in [0.25, 0.3) is 0 Å². The van der Waals surface area contributed by atoms with Crippen LogP contribution in [0.1, 0.15) is 73.1 Å². The van der Waals surface area contributed by atoms with Crippen LogP contribution in [0.5, 0.6) is 0 Å². The van der Waals surface area contributed by atoms with E-state index in [2.05, 4.69) is 0 Å². The SMILES string of the molecule is [CH]CCCCCCCO[C@]1(C)OC(C)(CO)[C@@](C)(O)[C@@](C)(O)C1(C)O. The van der Waals surface area contributed by atoms with Crippen LogP contribution < -0.4 is 0 Å². The summed E-state index contributed by atoms with van der Waals surface area (Å²) in [7, 11) is 0. The fourth-order valence-electron chi connectivity index (χ4n) is 3.46. The molecule has 5 atom stereocenters. The van der Waals surface area contributed by atoms with Gasteiger partial charge in [-0.3, -0.25) is 0 Å². The van der Waals surface area contributed by atoms with Crippen molar-refractivity contribution in [3.63, 3.8) is 0 Å². The van der Waals surface area contributed by atoms with Gasteiger partial charge in [-0.2, -0.15) is 0 Å². The van der Waals surface area contributed by atoms with E-state index in [-0.39, 0.29) is 0 Å². The highest BCUT2D eigenvalue weighted by Gasteiger charge is 2.74. The summed E-state index contributed by atoms with van der Waals surface area (Å²) in [4.78, 5) is 0. The summed E-state index contributed by atoms with van der Waals surface area (Å²) in [5.74, 6) is -1.59. The van der Waals surface area contributed by atoms with Crippen LogP contribution in [-0.2, 0) is 9.47 Å². The maximum Gasteiger partial charge on any atom is 0.197 e. The molecule has 1 saturated heterocycles. The Morgan fingerprint density at radius 2 is 1.32 bits per heavy atom. The molecule has 4 N–H and O–H groups in total. The highest BCUT2D eigenvalue weighted by molar-refractivity contribution is 5.21. The van der Waals surface area contributed by atoms with Crippen LogP contribution in [-0.4, -0.2) is 61.8 Å². The zero-order chi connectivity index (χ0) is 19.6. The van der Waals surface area contributed by atoms with Gasteiger partial charge in [0.05, 0.1) is 13.2 Å². The number of ether oxygens (including phenoxy) is 2. The standard InChI is InChI=1S/C19H36O6/c1-7-8-9-10-11-12-13-24-19(6)18(5,23)17(4,22)16(3,21)15(2,14-20)25-19/h1,20-23H,7-14H2,2-6H3/t15?,16-,17-,18?,19-/m1/s1. The van der Waals surface area contributed by atoms with E-state index < -0.39 is 34.8 Å². The number of hydrogen-bond acceptors (Lipinski definition) is 6. The van der Waals surface area contributed by atoms with Gasteiger partial charge in [0.2, 0.25) is 0 Å². The molecular weight excluding hydrogens is 324 g/mol. The van der Waals surface area contributed by atoms with Gasteiger partial charge in [0.15, 0.2) is 5.79 Å². The first-order valence-corrected chi connectivity index (χ1v) is 9.15. The van der Waals surface area contributed by atoms with Crippen molar-refractivity contribution in [1.82, 2.24) is 0 Å². The molecule has 148 valence electrons. The monoisotopic (exact) mass is 360 g/mol. The quantitative estimate of drug-likeness (QED) is 0.468. The number of hydrogen-bond donors (Lipinski definition) is 4. The smallest absolute Gasteiger partial charge is 0.197 e. The van der Waals surface area contributed by atoms with Gasteiger partial charge in [0.1, 0.15) is 22.4 Å². The molecule has 2 unspecified atom stereocenters. The molecule has 0 amide bonds. The Morgan fingerprint density at radius 1 is 0.800 bits per heavy atom. The minimum atomic E-state index is -1.98. The van der Waals surface area contributed by atoms with E-state index in [9.17, 15) is 20.4 Å². The van der Waals surface area contributed by atoms with Gasteiger partial charge < -0.3 is 29.9 Å². The first-order chi connectivity index (χ1) is 11.3. The summed E-state index contributed by atoms with van der Waals surface area (Å²) in [6, 6.07) is 0. The van der Waals surface area contributed by atoms with Crippen molar-refractivity contribution in [1.29, 1.82) is 0 Å². The maximum atomic E-state index is 11.0. The Hall–Kier alpha value is -0.240. The van der Waals surface area contributed by atoms with E-state index in [1.54, 1.807) is 0 Å². The molecule has 2 radical (unpaired) electrons.